The van der Waals surface area contributed by atoms with Crippen LogP contribution in [-0.4, -0.2) is 5.97 Å². The minimum absolute atomic E-state index is 0.193. The summed E-state index contributed by atoms with van der Waals surface area (Å²) in [6.45, 7) is 5.61. The van der Waals surface area contributed by atoms with Crippen LogP contribution in [0.2, 0.25) is 0 Å². The molecule has 65 valence electrons. The lowest BCUT2D eigenvalue weighted by Gasteiger charge is -2.12. The van der Waals surface area contributed by atoms with Crippen molar-refractivity contribution in [2.24, 2.45) is 0 Å². The quantitative estimate of drug-likeness (QED) is 0.573. The Hall–Kier alpha value is -0.530. The molecule has 0 amide bonds. The predicted octanol–water partition coefficient (Wildman–Crippen LogP) is 2.68. The second-order valence-corrected chi connectivity index (χ2v) is 2.63. The lowest BCUT2D eigenvalue weighted by molar-refractivity contribution is -0.140. The molecular formula is C9H17O2. The maximum absolute atomic E-state index is 10.6. The Balaban J connectivity index is 3.59. The third-order valence-electron chi connectivity index (χ3n) is 1.35. The van der Waals surface area contributed by atoms with Crippen LogP contribution in [0.3, 0.4) is 0 Å². The molecule has 2 heteroatoms. The smallest absolute Gasteiger partial charge is 0.303 e. The molecule has 0 atom stereocenters. The minimum Gasteiger partial charge on any atom is -0.455 e. The molecule has 0 bridgehead atoms. The molecule has 0 aliphatic carbocycles. The molecule has 0 unspecified atom stereocenters. The van der Waals surface area contributed by atoms with Crippen molar-refractivity contribution in [2.45, 2.75) is 46.5 Å². The molecule has 0 aromatic rings. The summed E-state index contributed by atoms with van der Waals surface area (Å²) in [6.07, 6.45) is 4.84. The van der Waals surface area contributed by atoms with E-state index in [1.807, 2.05) is 0 Å². The molecule has 0 aliphatic rings. The summed E-state index contributed by atoms with van der Waals surface area (Å²) in [6, 6.07) is 0. The first kappa shape index (κ1) is 10.5. The van der Waals surface area contributed by atoms with E-state index >= 15 is 0 Å². The number of hydrogen-bond donors (Lipinski definition) is 0. The van der Waals surface area contributed by atoms with Gasteiger partial charge in [-0.1, -0.05) is 26.7 Å². The third-order valence-corrected chi connectivity index (χ3v) is 1.35. The van der Waals surface area contributed by atoms with Crippen LogP contribution in [0, 0.1) is 6.10 Å². The fourth-order valence-electron chi connectivity index (χ4n) is 0.988. The molecule has 11 heavy (non-hydrogen) atoms. The molecule has 0 N–H and O–H groups in total. The normalized spacial score (nSPS) is 10.2. The number of ether oxygens (including phenoxy) is 1. The first-order valence-corrected chi connectivity index (χ1v) is 4.23. The van der Waals surface area contributed by atoms with Crippen LogP contribution in [-0.2, 0) is 9.53 Å². The average molecular weight is 157 g/mol. The second-order valence-electron chi connectivity index (χ2n) is 2.63. The van der Waals surface area contributed by atoms with Gasteiger partial charge in [-0.15, -0.1) is 0 Å². The van der Waals surface area contributed by atoms with Gasteiger partial charge in [0.2, 0.25) is 0 Å². The number of esters is 1. The lowest BCUT2D eigenvalue weighted by atomic mass is 10.1. The molecular weight excluding hydrogens is 140 g/mol. The average Bonchev–Trinajstić information content (AvgIpc) is 1.87. The first-order chi connectivity index (χ1) is 5.20. The van der Waals surface area contributed by atoms with E-state index in [4.69, 9.17) is 4.74 Å². The SMILES string of the molecule is CCC[C](CCC)OC(C)=O. The number of rotatable bonds is 5. The van der Waals surface area contributed by atoms with Gasteiger partial charge < -0.3 is 4.74 Å². The number of hydrogen-bond acceptors (Lipinski definition) is 2. The lowest BCUT2D eigenvalue weighted by Crippen LogP contribution is -2.07. The van der Waals surface area contributed by atoms with Crippen LogP contribution in [0.5, 0.6) is 0 Å². The molecule has 0 fully saturated rings. The summed E-state index contributed by atoms with van der Waals surface area (Å²) < 4.78 is 5.01. The monoisotopic (exact) mass is 157 g/mol. The van der Waals surface area contributed by atoms with E-state index in [-0.39, 0.29) is 5.97 Å². The van der Waals surface area contributed by atoms with Crippen LogP contribution >= 0.6 is 0 Å². The van der Waals surface area contributed by atoms with E-state index in [2.05, 4.69) is 13.8 Å². The largest absolute Gasteiger partial charge is 0.455 e. The number of carbonyl (C=O) groups excluding carboxylic acids is 1. The second kappa shape index (κ2) is 6.20. The van der Waals surface area contributed by atoms with Gasteiger partial charge in [-0.2, -0.15) is 0 Å². The van der Waals surface area contributed by atoms with E-state index in [0.717, 1.165) is 31.8 Å². The summed E-state index contributed by atoms with van der Waals surface area (Å²) in [4.78, 5) is 10.6. The Labute approximate surface area is 68.9 Å². The molecule has 1 radical (unpaired) electrons. The maximum Gasteiger partial charge on any atom is 0.303 e. The third kappa shape index (κ3) is 5.89. The fraction of sp³-hybridized carbons (Fsp3) is 0.778. The Morgan fingerprint density at radius 1 is 1.18 bits per heavy atom. The van der Waals surface area contributed by atoms with Gasteiger partial charge in [0.1, 0.15) is 0 Å². The molecule has 0 heterocycles. The molecule has 0 saturated heterocycles. The molecule has 0 aromatic heterocycles. The molecule has 0 rings (SSSR count). The zero-order valence-corrected chi connectivity index (χ0v) is 7.64. The van der Waals surface area contributed by atoms with Crippen LogP contribution in [0.15, 0.2) is 0 Å². The Morgan fingerprint density at radius 2 is 1.64 bits per heavy atom. The predicted molar refractivity (Wildman–Crippen MR) is 44.8 cm³/mol. The van der Waals surface area contributed by atoms with Gasteiger partial charge in [-0.25, -0.2) is 0 Å². The van der Waals surface area contributed by atoms with Crippen molar-refractivity contribution in [1.82, 2.24) is 0 Å². The Morgan fingerprint density at radius 3 is 1.91 bits per heavy atom. The van der Waals surface area contributed by atoms with Gasteiger partial charge in [0, 0.05) is 6.92 Å². The zero-order chi connectivity index (χ0) is 8.69. The van der Waals surface area contributed by atoms with Gasteiger partial charge in [0.15, 0.2) is 6.10 Å². The van der Waals surface area contributed by atoms with Crippen molar-refractivity contribution < 1.29 is 9.53 Å². The van der Waals surface area contributed by atoms with Crippen LogP contribution < -0.4 is 0 Å². The standard InChI is InChI=1S/C9H17O2/c1-4-6-9(7-5-2)11-8(3)10/h4-7H2,1-3H3. The van der Waals surface area contributed by atoms with Crippen molar-refractivity contribution in [1.29, 1.82) is 0 Å². The van der Waals surface area contributed by atoms with Gasteiger partial charge in [0.05, 0.1) is 0 Å². The van der Waals surface area contributed by atoms with E-state index < -0.39 is 0 Å². The Kier molecular flexibility index (Phi) is 5.90. The molecule has 0 spiro atoms. The van der Waals surface area contributed by atoms with Gasteiger partial charge in [-0.05, 0) is 12.8 Å². The summed E-state index contributed by atoms with van der Waals surface area (Å²) in [5.41, 5.74) is 0. The highest BCUT2D eigenvalue weighted by molar-refractivity contribution is 5.66. The molecule has 0 aliphatic heterocycles. The van der Waals surface area contributed by atoms with Gasteiger partial charge in [0.25, 0.3) is 0 Å². The van der Waals surface area contributed by atoms with Crippen molar-refractivity contribution in [3.63, 3.8) is 0 Å². The van der Waals surface area contributed by atoms with E-state index in [9.17, 15) is 4.79 Å². The Bertz CT molecular complexity index is 104. The molecule has 0 aromatic carbocycles. The van der Waals surface area contributed by atoms with Crippen molar-refractivity contribution >= 4 is 5.97 Å². The topological polar surface area (TPSA) is 26.3 Å². The van der Waals surface area contributed by atoms with Crippen molar-refractivity contribution in [2.75, 3.05) is 0 Å². The van der Waals surface area contributed by atoms with Crippen LogP contribution in [0.1, 0.15) is 46.5 Å². The zero-order valence-electron chi connectivity index (χ0n) is 7.64. The van der Waals surface area contributed by atoms with Gasteiger partial charge >= 0.3 is 5.97 Å². The number of carbonyl (C=O) groups is 1. The summed E-state index contributed by atoms with van der Waals surface area (Å²) in [5, 5.41) is 0. The van der Waals surface area contributed by atoms with Crippen LogP contribution in [0.25, 0.3) is 0 Å². The van der Waals surface area contributed by atoms with E-state index in [0.29, 0.717) is 0 Å². The highest BCUT2D eigenvalue weighted by Crippen LogP contribution is 2.17. The molecule has 2 nitrogen and oxygen atoms in total. The fourth-order valence-corrected chi connectivity index (χ4v) is 0.988. The minimum atomic E-state index is -0.193. The van der Waals surface area contributed by atoms with E-state index in [1.54, 1.807) is 0 Å². The highest BCUT2D eigenvalue weighted by atomic mass is 16.5. The van der Waals surface area contributed by atoms with Crippen LogP contribution in [0.4, 0.5) is 0 Å². The summed E-state index contributed by atoms with van der Waals surface area (Å²) in [5.74, 6) is -0.193. The van der Waals surface area contributed by atoms with Gasteiger partial charge in [-0.3, -0.25) is 4.79 Å². The van der Waals surface area contributed by atoms with E-state index in [1.165, 1.54) is 6.92 Å². The first-order valence-electron chi connectivity index (χ1n) is 4.23. The summed E-state index contributed by atoms with van der Waals surface area (Å²) >= 11 is 0. The highest BCUT2D eigenvalue weighted by Gasteiger charge is 2.10. The summed E-state index contributed by atoms with van der Waals surface area (Å²) in [7, 11) is 0. The maximum atomic E-state index is 10.6. The molecule has 0 saturated carbocycles. The van der Waals surface area contributed by atoms with Crippen molar-refractivity contribution in [3.8, 4) is 0 Å². The van der Waals surface area contributed by atoms with Crippen molar-refractivity contribution in [3.05, 3.63) is 6.10 Å².